The third kappa shape index (κ3) is 1.02. The van der Waals surface area contributed by atoms with E-state index in [2.05, 4.69) is 5.32 Å². The summed E-state index contributed by atoms with van der Waals surface area (Å²) in [5.74, 6) is 0.362. The Morgan fingerprint density at radius 2 is 2.00 bits per heavy atom. The first-order valence-electron chi connectivity index (χ1n) is 4.00. The molecule has 12 heavy (non-hydrogen) atoms. The second-order valence-electron chi connectivity index (χ2n) is 3.07. The van der Waals surface area contributed by atoms with Crippen LogP contribution in [0.2, 0.25) is 0 Å². The van der Waals surface area contributed by atoms with Crippen molar-refractivity contribution in [1.29, 1.82) is 0 Å². The van der Waals surface area contributed by atoms with Crippen molar-refractivity contribution in [1.82, 2.24) is 5.32 Å². The minimum Gasteiger partial charge on any atom is -0.504 e. The van der Waals surface area contributed by atoms with Crippen LogP contribution in [0.4, 0.5) is 0 Å². The first kappa shape index (κ1) is 7.43. The van der Waals surface area contributed by atoms with Crippen LogP contribution in [0.3, 0.4) is 0 Å². The maximum atomic E-state index is 9.46. The van der Waals surface area contributed by atoms with Gasteiger partial charge < -0.3 is 15.5 Å². The van der Waals surface area contributed by atoms with Crippen molar-refractivity contribution in [3.8, 4) is 11.5 Å². The van der Waals surface area contributed by atoms with Gasteiger partial charge in [0.2, 0.25) is 0 Å². The molecular weight excluding hydrogens is 154 g/mol. The van der Waals surface area contributed by atoms with Crippen molar-refractivity contribution in [3.05, 3.63) is 23.8 Å². The quantitative estimate of drug-likeness (QED) is 0.539. The van der Waals surface area contributed by atoms with Crippen molar-refractivity contribution in [3.63, 3.8) is 0 Å². The van der Waals surface area contributed by atoms with Crippen molar-refractivity contribution in [2.24, 2.45) is 0 Å². The lowest BCUT2D eigenvalue weighted by Crippen LogP contribution is -2.39. The molecule has 1 heterocycles. The minimum atomic E-state index is -0.0283. The van der Waals surface area contributed by atoms with E-state index in [0.29, 0.717) is 5.92 Å². The maximum absolute atomic E-state index is 9.46. The van der Waals surface area contributed by atoms with Crippen LogP contribution < -0.4 is 5.32 Å². The molecule has 3 nitrogen and oxygen atoms in total. The molecule has 1 saturated heterocycles. The third-order valence-electron chi connectivity index (χ3n) is 2.27. The molecule has 0 aliphatic carbocycles. The lowest BCUT2D eigenvalue weighted by Gasteiger charge is -2.28. The van der Waals surface area contributed by atoms with E-state index in [1.54, 1.807) is 6.07 Å². The molecule has 1 aromatic rings. The van der Waals surface area contributed by atoms with Crippen molar-refractivity contribution in [2.45, 2.75) is 5.92 Å². The lowest BCUT2D eigenvalue weighted by atomic mass is 9.93. The van der Waals surface area contributed by atoms with Crippen LogP contribution in [-0.2, 0) is 0 Å². The number of hydrogen-bond donors (Lipinski definition) is 3. The van der Waals surface area contributed by atoms with E-state index in [4.69, 9.17) is 0 Å². The Morgan fingerprint density at radius 3 is 2.58 bits per heavy atom. The molecule has 1 aromatic carbocycles. The molecule has 64 valence electrons. The van der Waals surface area contributed by atoms with Crippen molar-refractivity contribution >= 4 is 0 Å². The molecule has 2 rings (SSSR count). The predicted molar refractivity (Wildman–Crippen MR) is 45.4 cm³/mol. The zero-order valence-corrected chi connectivity index (χ0v) is 6.62. The van der Waals surface area contributed by atoms with E-state index in [1.165, 1.54) is 6.07 Å². The van der Waals surface area contributed by atoms with Gasteiger partial charge in [0, 0.05) is 24.6 Å². The molecule has 1 aliphatic heterocycles. The molecule has 0 radical (unpaired) electrons. The van der Waals surface area contributed by atoms with Gasteiger partial charge in [0.25, 0.3) is 0 Å². The van der Waals surface area contributed by atoms with Gasteiger partial charge >= 0.3 is 0 Å². The fourth-order valence-electron chi connectivity index (χ4n) is 1.39. The zero-order valence-electron chi connectivity index (χ0n) is 6.62. The van der Waals surface area contributed by atoms with Gasteiger partial charge in [0.05, 0.1) is 0 Å². The number of nitrogens with one attached hydrogen (secondary N) is 1. The predicted octanol–water partition coefficient (Wildman–Crippen LogP) is 0.785. The van der Waals surface area contributed by atoms with Crippen LogP contribution in [0.15, 0.2) is 18.2 Å². The Morgan fingerprint density at radius 1 is 1.25 bits per heavy atom. The topological polar surface area (TPSA) is 52.5 Å². The molecule has 0 aromatic heterocycles. The summed E-state index contributed by atoms with van der Waals surface area (Å²) in [6, 6.07) is 5.09. The molecule has 1 aliphatic rings. The molecule has 3 heteroatoms. The van der Waals surface area contributed by atoms with Crippen LogP contribution in [-0.4, -0.2) is 23.3 Å². The van der Waals surface area contributed by atoms with Gasteiger partial charge in [0.15, 0.2) is 11.5 Å². The Labute approximate surface area is 70.7 Å². The first-order valence-corrected chi connectivity index (χ1v) is 4.00. The van der Waals surface area contributed by atoms with E-state index in [-0.39, 0.29) is 11.5 Å². The molecule has 0 bridgehead atoms. The van der Waals surface area contributed by atoms with Gasteiger partial charge in [-0.25, -0.2) is 0 Å². The summed E-state index contributed by atoms with van der Waals surface area (Å²) < 4.78 is 0. The Kier molecular flexibility index (Phi) is 1.66. The first-order chi connectivity index (χ1) is 5.79. The smallest absolute Gasteiger partial charge is 0.161 e. The molecule has 0 saturated carbocycles. The molecule has 0 amide bonds. The van der Waals surface area contributed by atoms with Gasteiger partial charge in [-0.1, -0.05) is 12.1 Å². The van der Waals surface area contributed by atoms with Crippen molar-refractivity contribution < 1.29 is 10.2 Å². The fraction of sp³-hybridized carbons (Fsp3) is 0.333. The SMILES string of the molecule is Oc1cccc(C2CNC2)c1O. The second-order valence-corrected chi connectivity index (χ2v) is 3.07. The maximum Gasteiger partial charge on any atom is 0.161 e. The third-order valence-corrected chi connectivity index (χ3v) is 2.27. The molecule has 3 N–H and O–H groups in total. The molecule has 0 unspecified atom stereocenters. The molecule has 0 spiro atoms. The van der Waals surface area contributed by atoms with Gasteiger partial charge in [0.1, 0.15) is 0 Å². The van der Waals surface area contributed by atoms with Gasteiger partial charge in [-0.2, -0.15) is 0 Å². The summed E-state index contributed by atoms with van der Waals surface area (Å²) in [5.41, 5.74) is 0.841. The van der Waals surface area contributed by atoms with E-state index < -0.39 is 0 Å². The average molecular weight is 165 g/mol. The summed E-state index contributed by atoms with van der Waals surface area (Å²) in [6.07, 6.45) is 0. The largest absolute Gasteiger partial charge is 0.504 e. The van der Waals surface area contributed by atoms with Crippen molar-refractivity contribution in [2.75, 3.05) is 13.1 Å². The normalized spacial score (nSPS) is 17.3. The van der Waals surface area contributed by atoms with Crippen LogP contribution in [0, 0.1) is 0 Å². The fourth-order valence-corrected chi connectivity index (χ4v) is 1.39. The van der Waals surface area contributed by atoms with E-state index in [0.717, 1.165) is 18.7 Å². The summed E-state index contributed by atoms with van der Waals surface area (Å²) in [6.45, 7) is 1.77. The molecular formula is C9H11NO2. The number of para-hydroxylation sites is 1. The second kappa shape index (κ2) is 2.68. The number of hydrogen-bond acceptors (Lipinski definition) is 3. The average Bonchev–Trinajstić information content (AvgIpc) is 1.95. The number of phenolic OH excluding ortho intramolecular Hbond substituents is 2. The van der Waals surface area contributed by atoms with Crippen LogP contribution in [0.5, 0.6) is 11.5 Å². The standard InChI is InChI=1S/C9H11NO2/c11-8-3-1-2-7(9(8)12)6-4-10-5-6/h1-3,6,10-12H,4-5H2. The Hall–Kier alpha value is -1.22. The van der Waals surface area contributed by atoms with E-state index in [9.17, 15) is 10.2 Å². The lowest BCUT2D eigenvalue weighted by molar-refractivity contribution is 0.379. The van der Waals surface area contributed by atoms with Crippen LogP contribution >= 0.6 is 0 Å². The van der Waals surface area contributed by atoms with Gasteiger partial charge in [-0.3, -0.25) is 0 Å². The number of phenols is 2. The summed E-state index contributed by atoms with van der Waals surface area (Å²) in [4.78, 5) is 0. The van der Waals surface area contributed by atoms with E-state index >= 15 is 0 Å². The number of rotatable bonds is 1. The highest BCUT2D eigenvalue weighted by Gasteiger charge is 2.22. The summed E-state index contributed by atoms with van der Waals surface area (Å²) >= 11 is 0. The molecule has 1 fully saturated rings. The number of aromatic hydroxyl groups is 2. The highest BCUT2D eigenvalue weighted by atomic mass is 16.3. The minimum absolute atomic E-state index is 0.0283. The van der Waals surface area contributed by atoms with Gasteiger partial charge in [-0.15, -0.1) is 0 Å². The highest BCUT2D eigenvalue weighted by Crippen LogP contribution is 2.34. The number of benzene rings is 1. The molecule has 0 atom stereocenters. The highest BCUT2D eigenvalue weighted by molar-refractivity contribution is 5.46. The summed E-state index contributed by atoms with van der Waals surface area (Å²) in [5, 5.41) is 21.8. The van der Waals surface area contributed by atoms with Crippen LogP contribution in [0.1, 0.15) is 11.5 Å². The summed E-state index contributed by atoms with van der Waals surface area (Å²) in [7, 11) is 0. The monoisotopic (exact) mass is 165 g/mol. The van der Waals surface area contributed by atoms with Crippen LogP contribution in [0.25, 0.3) is 0 Å². The van der Waals surface area contributed by atoms with Gasteiger partial charge in [-0.05, 0) is 6.07 Å². The van der Waals surface area contributed by atoms with E-state index in [1.807, 2.05) is 6.07 Å². The zero-order chi connectivity index (χ0) is 8.55. The Bertz CT molecular complexity index is 295. The Balaban J connectivity index is 2.36.